The van der Waals surface area contributed by atoms with E-state index >= 15 is 0 Å². The highest BCUT2D eigenvalue weighted by molar-refractivity contribution is 7.99. The number of amides is 1. The molecule has 3 rings (SSSR count). The quantitative estimate of drug-likeness (QED) is 0.883. The van der Waals surface area contributed by atoms with Gasteiger partial charge in [-0.2, -0.15) is 5.10 Å². The minimum Gasteiger partial charge on any atom is -0.338 e. The molecule has 1 aliphatic rings. The zero-order valence-electron chi connectivity index (χ0n) is 11.5. The van der Waals surface area contributed by atoms with E-state index in [4.69, 9.17) is 0 Å². The van der Waals surface area contributed by atoms with Gasteiger partial charge in [0, 0.05) is 47.8 Å². The van der Waals surface area contributed by atoms with Gasteiger partial charge in [0.2, 0.25) is 5.91 Å². The topological polar surface area (TPSA) is 49.0 Å². The molecular weight excluding hydrogens is 289 g/mol. The molecule has 6 heteroatoms. The summed E-state index contributed by atoms with van der Waals surface area (Å²) in [7, 11) is 0. The number of carbonyl (C=O) groups excluding carboxylic acids is 1. The molecule has 0 saturated heterocycles. The van der Waals surface area contributed by atoms with Crippen LogP contribution in [0.25, 0.3) is 0 Å². The minimum absolute atomic E-state index is 0.163. The van der Waals surface area contributed by atoms with Gasteiger partial charge >= 0.3 is 0 Å². The van der Waals surface area contributed by atoms with E-state index in [1.807, 2.05) is 4.90 Å². The number of fused-ring (bicyclic) bond motifs is 1. The van der Waals surface area contributed by atoms with E-state index in [9.17, 15) is 9.18 Å². The van der Waals surface area contributed by atoms with Crippen molar-refractivity contribution in [3.8, 4) is 0 Å². The molecule has 0 aliphatic carbocycles. The van der Waals surface area contributed by atoms with Crippen LogP contribution in [0, 0.1) is 5.82 Å². The predicted molar refractivity (Wildman–Crippen MR) is 79.4 cm³/mol. The first kappa shape index (κ1) is 14.1. The van der Waals surface area contributed by atoms with Gasteiger partial charge in [0.05, 0.1) is 6.20 Å². The van der Waals surface area contributed by atoms with Gasteiger partial charge in [0.1, 0.15) is 5.82 Å². The molecule has 0 saturated carbocycles. The minimum atomic E-state index is -0.236. The van der Waals surface area contributed by atoms with Crippen molar-refractivity contribution in [1.82, 2.24) is 15.1 Å². The lowest BCUT2D eigenvalue weighted by molar-refractivity contribution is -0.131. The molecule has 2 heterocycles. The zero-order chi connectivity index (χ0) is 14.7. The van der Waals surface area contributed by atoms with Crippen LogP contribution in [0.15, 0.2) is 35.4 Å². The predicted octanol–water partition coefficient (Wildman–Crippen LogP) is 2.62. The van der Waals surface area contributed by atoms with Crippen LogP contribution in [0.2, 0.25) is 0 Å². The summed E-state index contributed by atoms with van der Waals surface area (Å²) in [6.45, 7) is 1.39. The van der Waals surface area contributed by atoms with E-state index < -0.39 is 0 Å². The fourth-order valence-corrected chi connectivity index (χ4v) is 3.22. The number of H-pyrrole nitrogens is 1. The molecule has 1 aromatic carbocycles. The van der Waals surface area contributed by atoms with Crippen molar-refractivity contribution in [1.29, 1.82) is 0 Å². The van der Waals surface area contributed by atoms with Crippen molar-refractivity contribution in [2.45, 2.75) is 24.3 Å². The highest BCUT2D eigenvalue weighted by atomic mass is 32.2. The normalized spacial score (nSPS) is 14.0. The van der Waals surface area contributed by atoms with Crippen LogP contribution in [-0.2, 0) is 17.8 Å². The maximum absolute atomic E-state index is 12.8. The second-order valence-electron chi connectivity index (χ2n) is 4.99. The molecule has 0 spiro atoms. The van der Waals surface area contributed by atoms with E-state index in [2.05, 4.69) is 10.2 Å². The maximum atomic E-state index is 12.8. The third-order valence-electron chi connectivity index (χ3n) is 3.55. The van der Waals surface area contributed by atoms with Gasteiger partial charge in [-0.05, 0) is 24.3 Å². The molecule has 0 unspecified atom stereocenters. The Morgan fingerprint density at radius 3 is 3.00 bits per heavy atom. The molecule has 0 fully saturated rings. The summed E-state index contributed by atoms with van der Waals surface area (Å²) >= 11 is 1.58. The Balaban J connectivity index is 1.48. The summed E-state index contributed by atoms with van der Waals surface area (Å²) in [6.07, 6.45) is 3.13. The monoisotopic (exact) mass is 305 g/mol. The number of nitrogens with zero attached hydrogens (tertiary/aromatic N) is 2. The number of aromatic nitrogens is 2. The number of aromatic amines is 1. The third kappa shape index (κ3) is 3.44. The molecule has 1 N–H and O–H groups in total. The van der Waals surface area contributed by atoms with Crippen LogP contribution in [0.1, 0.15) is 17.7 Å². The molecule has 21 heavy (non-hydrogen) atoms. The van der Waals surface area contributed by atoms with E-state index in [0.29, 0.717) is 18.7 Å². The summed E-state index contributed by atoms with van der Waals surface area (Å²) in [4.78, 5) is 15.1. The molecule has 2 aromatic rings. The summed E-state index contributed by atoms with van der Waals surface area (Å²) in [5.74, 6) is 0.635. The molecule has 1 aliphatic heterocycles. The Morgan fingerprint density at radius 2 is 2.19 bits per heavy atom. The number of halogens is 1. The van der Waals surface area contributed by atoms with Gasteiger partial charge in [-0.25, -0.2) is 4.39 Å². The molecular formula is C15H16FN3OS. The molecule has 110 valence electrons. The SMILES string of the molecule is O=C(CCSc1ccc(F)cc1)N1CCc2[nH]ncc2C1. The Bertz CT molecular complexity index is 626. The number of thioether (sulfide) groups is 1. The number of nitrogens with one attached hydrogen (secondary N) is 1. The average molecular weight is 305 g/mol. The van der Waals surface area contributed by atoms with Crippen molar-refractivity contribution in [3.05, 3.63) is 47.5 Å². The largest absolute Gasteiger partial charge is 0.338 e. The molecule has 0 radical (unpaired) electrons. The standard InChI is InChI=1S/C15H16FN3OS/c16-12-1-3-13(4-2-12)21-8-6-15(20)19-7-5-14-11(10-19)9-17-18-14/h1-4,9H,5-8,10H2,(H,17,18). The molecule has 0 bridgehead atoms. The number of hydrogen-bond donors (Lipinski definition) is 1. The van der Waals surface area contributed by atoms with Crippen molar-refractivity contribution >= 4 is 17.7 Å². The van der Waals surface area contributed by atoms with E-state index in [-0.39, 0.29) is 11.7 Å². The molecule has 4 nitrogen and oxygen atoms in total. The number of carbonyl (C=O) groups is 1. The van der Waals surface area contributed by atoms with Crippen molar-refractivity contribution in [3.63, 3.8) is 0 Å². The summed E-state index contributed by atoms with van der Waals surface area (Å²) < 4.78 is 12.8. The fourth-order valence-electron chi connectivity index (χ4n) is 2.38. The molecule has 1 amide bonds. The lowest BCUT2D eigenvalue weighted by Gasteiger charge is -2.26. The fraction of sp³-hybridized carbons (Fsp3) is 0.333. The van der Waals surface area contributed by atoms with Crippen LogP contribution in [0.5, 0.6) is 0 Å². The first-order valence-electron chi connectivity index (χ1n) is 6.89. The van der Waals surface area contributed by atoms with E-state index in [1.54, 1.807) is 30.1 Å². The van der Waals surface area contributed by atoms with Crippen LogP contribution >= 0.6 is 11.8 Å². The highest BCUT2D eigenvalue weighted by Gasteiger charge is 2.21. The van der Waals surface area contributed by atoms with E-state index in [0.717, 1.165) is 29.1 Å². The number of benzene rings is 1. The van der Waals surface area contributed by atoms with Gasteiger partial charge in [-0.3, -0.25) is 9.89 Å². The second-order valence-corrected chi connectivity index (χ2v) is 6.16. The Labute approximate surface area is 126 Å². The second kappa shape index (κ2) is 6.30. The van der Waals surface area contributed by atoms with Crippen LogP contribution in [0.4, 0.5) is 4.39 Å². The average Bonchev–Trinajstić information content (AvgIpc) is 2.96. The van der Waals surface area contributed by atoms with Crippen molar-refractivity contribution in [2.75, 3.05) is 12.3 Å². The lowest BCUT2D eigenvalue weighted by Crippen LogP contribution is -2.35. The van der Waals surface area contributed by atoms with Gasteiger partial charge < -0.3 is 4.90 Å². The summed E-state index contributed by atoms with van der Waals surface area (Å²) in [6, 6.07) is 6.36. The van der Waals surface area contributed by atoms with Crippen molar-refractivity contribution in [2.24, 2.45) is 0 Å². The Kier molecular flexibility index (Phi) is 4.24. The lowest BCUT2D eigenvalue weighted by atomic mass is 10.1. The van der Waals surface area contributed by atoms with Crippen molar-refractivity contribution < 1.29 is 9.18 Å². The van der Waals surface area contributed by atoms with Gasteiger partial charge in [-0.15, -0.1) is 11.8 Å². The van der Waals surface area contributed by atoms with Gasteiger partial charge in [0.15, 0.2) is 0 Å². The van der Waals surface area contributed by atoms with Gasteiger partial charge in [-0.1, -0.05) is 0 Å². The van der Waals surface area contributed by atoms with Gasteiger partial charge in [0.25, 0.3) is 0 Å². The van der Waals surface area contributed by atoms with Crippen LogP contribution < -0.4 is 0 Å². The first-order chi connectivity index (χ1) is 10.2. The number of hydrogen-bond acceptors (Lipinski definition) is 3. The first-order valence-corrected chi connectivity index (χ1v) is 7.88. The molecule has 1 aromatic heterocycles. The highest BCUT2D eigenvalue weighted by Crippen LogP contribution is 2.21. The Morgan fingerprint density at radius 1 is 1.38 bits per heavy atom. The smallest absolute Gasteiger partial charge is 0.223 e. The Hall–Kier alpha value is -1.82. The van der Waals surface area contributed by atoms with Crippen LogP contribution in [-0.4, -0.2) is 33.3 Å². The molecule has 0 atom stereocenters. The third-order valence-corrected chi connectivity index (χ3v) is 4.57. The van der Waals surface area contributed by atoms with E-state index in [1.165, 1.54) is 12.1 Å². The number of rotatable bonds is 4. The summed E-state index contributed by atoms with van der Waals surface area (Å²) in [5, 5.41) is 6.97. The zero-order valence-corrected chi connectivity index (χ0v) is 12.3. The van der Waals surface area contributed by atoms with Crippen LogP contribution in [0.3, 0.4) is 0 Å². The summed E-state index contributed by atoms with van der Waals surface area (Å²) in [5.41, 5.74) is 2.25. The maximum Gasteiger partial charge on any atom is 0.223 e.